The lowest BCUT2D eigenvalue weighted by atomic mass is 10.2. The highest BCUT2D eigenvalue weighted by Gasteiger charge is 2.26. The lowest BCUT2D eigenvalue weighted by Crippen LogP contribution is -2.32. The number of aromatic nitrogens is 1. The van der Waals surface area contributed by atoms with Gasteiger partial charge in [-0.15, -0.1) is 11.3 Å². The summed E-state index contributed by atoms with van der Waals surface area (Å²) in [6, 6.07) is -0.223. The standard InChI is InChI=1S/C10H16N2O4S2/c1-3-4-5-7(2)12-18(15,16)10-8(9(13)14)11-6-17-10/h6-7,12H,3-5H2,1-2H3,(H,13,14). The van der Waals surface area contributed by atoms with Crippen molar-refractivity contribution in [2.24, 2.45) is 0 Å². The molecule has 8 heteroatoms. The molecule has 0 aromatic carbocycles. The monoisotopic (exact) mass is 292 g/mol. The van der Waals surface area contributed by atoms with E-state index in [1.54, 1.807) is 6.92 Å². The van der Waals surface area contributed by atoms with Gasteiger partial charge in [-0.05, 0) is 13.3 Å². The lowest BCUT2D eigenvalue weighted by Gasteiger charge is -2.12. The van der Waals surface area contributed by atoms with E-state index in [0.717, 1.165) is 30.6 Å². The molecule has 1 aromatic heterocycles. The molecule has 0 fully saturated rings. The molecular weight excluding hydrogens is 276 g/mol. The molecule has 1 heterocycles. The number of hydrogen-bond donors (Lipinski definition) is 2. The summed E-state index contributed by atoms with van der Waals surface area (Å²) in [5, 5.41) is 8.85. The fraction of sp³-hybridized carbons (Fsp3) is 0.600. The number of nitrogens with one attached hydrogen (secondary N) is 1. The van der Waals surface area contributed by atoms with Crippen molar-refractivity contribution in [3.8, 4) is 0 Å². The van der Waals surface area contributed by atoms with Crippen molar-refractivity contribution < 1.29 is 18.3 Å². The quantitative estimate of drug-likeness (QED) is 0.797. The second kappa shape index (κ2) is 6.26. The first-order chi connectivity index (χ1) is 8.38. The second-order valence-electron chi connectivity index (χ2n) is 3.96. The molecular formula is C10H16N2O4S2. The molecule has 0 saturated heterocycles. The largest absolute Gasteiger partial charge is 0.476 e. The number of nitrogens with zero attached hydrogens (tertiary/aromatic N) is 1. The van der Waals surface area contributed by atoms with Gasteiger partial charge >= 0.3 is 5.97 Å². The SMILES string of the molecule is CCCCC(C)NS(=O)(=O)c1scnc1C(=O)O. The average molecular weight is 292 g/mol. The molecule has 2 N–H and O–H groups in total. The third kappa shape index (κ3) is 3.76. The molecule has 1 rings (SSSR count). The van der Waals surface area contributed by atoms with Crippen LogP contribution in [0.1, 0.15) is 43.6 Å². The molecule has 102 valence electrons. The predicted molar refractivity (Wildman–Crippen MR) is 68.4 cm³/mol. The molecule has 0 aliphatic rings. The number of carboxylic acids is 1. The zero-order chi connectivity index (χ0) is 13.8. The van der Waals surface area contributed by atoms with E-state index in [-0.39, 0.29) is 10.3 Å². The normalized spacial score (nSPS) is 13.4. The van der Waals surface area contributed by atoms with Crippen LogP contribution in [0.4, 0.5) is 0 Å². The van der Waals surface area contributed by atoms with Crippen LogP contribution >= 0.6 is 11.3 Å². The molecule has 1 aromatic rings. The van der Waals surface area contributed by atoms with E-state index in [0.29, 0.717) is 0 Å². The van der Waals surface area contributed by atoms with Gasteiger partial charge in [-0.2, -0.15) is 0 Å². The third-order valence-electron chi connectivity index (χ3n) is 2.33. The Labute approximate surface area is 110 Å². The van der Waals surface area contributed by atoms with E-state index in [2.05, 4.69) is 9.71 Å². The summed E-state index contributed by atoms with van der Waals surface area (Å²) in [5.74, 6) is -1.34. The first-order valence-corrected chi connectivity index (χ1v) is 7.94. The summed E-state index contributed by atoms with van der Waals surface area (Å²) in [6.45, 7) is 3.78. The first-order valence-electron chi connectivity index (χ1n) is 5.57. The van der Waals surface area contributed by atoms with Crippen molar-refractivity contribution in [1.82, 2.24) is 9.71 Å². The van der Waals surface area contributed by atoms with Gasteiger partial charge in [0.2, 0.25) is 0 Å². The smallest absolute Gasteiger partial charge is 0.356 e. The molecule has 0 saturated carbocycles. The van der Waals surface area contributed by atoms with Crippen LogP contribution in [0.25, 0.3) is 0 Å². The Bertz CT molecular complexity index is 510. The van der Waals surface area contributed by atoms with Gasteiger partial charge in [0.25, 0.3) is 10.0 Å². The average Bonchev–Trinajstić information content (AvgIpc) is 2.75. The molecule has 6 nitrogen and oxygen atoms in total. The molecule has 0 radical (unpaired) electrons. The lowest BCUT2D eigenvalue weighted by molar-refractivity contribution is 0.0687. The van der Waals surface area contributed by atoms with Gasteiger partial charge in [0, 0.05) is 6.04 Å². The van der Waals surface area contributed by atoms with Crippen LogP contribution in [0, 0.1) is 0 Å². The molecule has 0 aliphatic heterocycles. The summed E-state index contributed by atoms with van der Waals surface area (Å²) >= 11 is 0.808. The van der Waals surface area contributed by atoms with E-state index >= 15 is 0 Å². The molecule has 18 heavy (non-hydrogen) atoms. The van der Waals surface area contributed by atoms with E-state index in [9.17, 15) is 13.2 Å². The summed E-state index contributed by atoms with van der Waals surface area (Å²) < 4.78 is 26.2. The minimum absolute atomic E-state index is 0.223. The fourth-order valence-electron chi connectivity index (χ4n) is 1.46. The zero-order valence-corrected chi connectivity index (χ0v) is 11.8. The van der Waals surface area contributed by atoms with Gasteiger partial charge in [-0.25, -0.2) is 22.9 Å². The molecule has 1 atom stereocenters. The summed E-state index contributed by atoms with van der Waals surface area (Å²) in [6.07, 6.45) is 2.61. The van der Waals surface area contributed by atoms with Crippen LogP contribution in [0.2, 0.25) is 0 Å². The van der Waals surface area contributed by atoms with Crippen molar-refractivity contribution in [3.05, 3.63) is 11.2 Å². The summed E-state index contributed by atoms with van der Waals surface area (Å²) in [5.41, 5.74) is 0.796. The van der Waals surface area contributed by atoms with Crippen molar-refractivity contribution in [3.63, 3.8) is 0 Å². The van der Waals surface area contributed by atoms with Gasteiger partial charge in [0.05, 0.1) is 5.51 Å². The Balaban J connectivity index is 2.86. The topological polar surface area (TPSA) is 96.4 Å². The maximum absolute atomic E-state index is 12.0. The first kappa shape index (κ1) is 15.1. The van der Waals surface area contributed by atoms with Crippen LogP contribution in [0.3, 0.4) is 0 Å². The van der Waals surface area contributed by atoms with Gasteiger partial charge in [-0.1, -0.05) is 19.8 Å². The summed E-state index contributed by atoms with van der Waals surface area (Å²) in [4.78, 5) is 14.4. The molecule has 1 unspecified atom stereocenters. The minimum Gasteiger partial charge on any atom is -0.476 e. The van der Waals surface area contributed by atoms with Crippen molar-refractivity contribution in [2.75, 3.05) is 0 Å². The maximum atomic E-state index is 12.0. The number of sulfonamides is 1. The molecule has 0 amide bonds. The number of hydrogen-bond acceptors (Lipinski definition) is 5. The van der Waals surface area contributed by atoms with E-state index < -0.39 is 21.7 Å². The van der Waals surface area contributed by atoms with Crippen LogP contribution in [-0.2, 0) is 10.0 Å². The Morgan fingerprint density at radius 1 is 1.61 bits per heavy atom. The maximum Gasteiger partial charge on any atom is 0.356 e. The van der Waals surface area contributed by atoms with Gasteiger partial charge in [-0.3, -0.25) is 0 Å². The summed E-state index contributed by atoms with van der Waals surface area (Å²) in [7, 11) is -3.80. The Morgan fingerprint density at radius 2 is 2.28 bits per heavy atom. The number of unbranched alkanes of at least 4 members (excludes halogenated alkanes) is 1. The second-order valence-corrected chi connectivity index (χ2v) is 6.72. The van der Waals surface area contributed by atoms with E-state index in [1.807, 2.05) is 6.92 Å². The van der Waals surface area contributed by atoms with Crippen molar-refractivity contribution in [1.29, 1.82) is 0 Å². The highest BCUT2D eigenvalue weighted by atomic mass is 32.2. The third-order valence-corrected chi connectivity index (χ3v) is 5.29. The Morgan fingerprint density at radius 3 is 2.83 bits per heavy atom. The molecule has 0 spiro atoms. The molecule has 0 aliphatic carbocycles. The highest BCUT2D eigenvalue weighted by Crippen LogP contribution is 2.20. The predicted octanol–water partition coefficient (Wildman–Crippen LogP) is 1.70. The zero-order valence-electron chi connectivity index (χ0n) is 10.2. The van der Waals surface area contributed by atoms with Crippen molar-refractivity contribution in [2.45, 2.75) is 43.4 Å². The number of thiazole rings is 1. The van der Waals surface area contributed by atoms with Crippen LogP contribution < -0.4 is 4.72 Å². The fourth-order valence-corrected chi connectivity index (χ4v) is 3.89. The number of carboxylic acid groups (broad SMARTS) is 1. The number of aromatic carboxylic acids is 1. The van der Waals surface area contributed by atoms with E-state index in [1.165, 1.54) is 5.51 Å². The van der Waals surface area contributed by atoms with Gasteiger partial charge < -0.3 is 5.11 Å². The highest BCUT2D eigenvalue weighted by molar-refractivity contribution is 7.91. The Hall–Kier alpha value is -0.990. The van der Waals surface area contributed by atoms with Crippen LogP contribution in [0.5, 0.6) is 0 Å². The van der Waals surface area contributed by atoms with Crippen LogP contribution in [-0.4, -0.2) is 30.5 Å². The van der Waals surface area contributed by atoms with Gasteiger partial charge in [0.1, 0.15) is 0 Å². The number of rotatable bonds is 7. The van der Waals surface area contributed by atoms with Gasteiger partial charge in [0.15, 0.2) is 9.90 Å². The minimum atomic E-state index is -3.80. The number of carbonyl (C=O) groups is 1. The van der Waals surface area contributed by atoms with Crippen LogP contribution in [0.15, 0.2) is 9.72 Å². The van der Waals surface area contributed by atoms with E-state index in [4.69, 9.17) is 5.11 Å². The Kier molecular flexibility index (Phi) is 5.24. The van der Waals surface area contributed by atoms with Crippen molar-refractivity contribution >= 4 is 27.3 Å². The molecule has 0 bridgehead atoms.